The van der Waals surface area contributed by atoms with Crippen LogP contribution in [0.2, 0.25) is 0 Å². The Hall–Kier alpha value is -3.40. The topological polar surface area (TPSA) is 46.5 Å². The number of hydrogen-bond acceptors (Lipinski definition) is 4. The molecule has 3 aromatic carbocycles. The molecule has 4 heteroatoms. The summed E-state index contributed by atoms with van der Waals surface area (Å²) in [5.41, 5.74) is 8.30. The zero-order valence-corrected chi connectivity index (χ0v) is 15.7. The van der Waals surface area contributed by atoms with Crippen LogP contribution in [0.15, 0.2) is 65.8 Å². The Kier molecular flexibility index (Phi) is 4.47. The number of nitrogens with one attached hydrogen (secondary N) is 1. The predicted octanol–water partition coefficient (Wildman–Crippen LogP) is 5.46. The van der Waals surface area contributed by atoms with Gasteiger partial charge < -0.3 is 4.74 Å². The monoisotopic (exact) mass is 355 g/mol. The third-order valence-electron chi connectivity index (χ3n) is 4.62. The van der Waals surface area contributed by atoms with Crippen molar-refractivity contribution in [1.82, 2.24) is 4.98 Å². The average molecular weight is 355 g/mol. The van der Waals surface area contributed by atoms with Gasteiger partial charge in [-0.2, -0.15) is 5.10 Å². The fourth-order valence-corrected chi connectivity index (χ4v) is 3.32. The summed E-state index contributed by atoms with van der Waals surface area (Å²) in [6.07, 6.45) is 1.85. The van der Waals surface area contributed by atoms with Crippen molar-refractivity contribution in [3.8, 4) is 5.75 Å². The molecule has 1 aromatic heterocycles. The summed E-state index contributed by atoms with van der Waals surface area (Å²) in [5, 5.41) is 7.74. The smallest absolute Gasteiger partial charge is 0.126 e. The van der Waals surface area contributed by atoms with Crippen molar-refractivity contribution < 1.29 is 4.74 Å². The molecule has 4 aromatic rings. The SMILES string of the molecule is COc1ccc(/C=N/Nc2cc(C)nc3ccc(C)cc23)c2ccccc12. The fraction of sp³-hybridized carbons (Fsp3) is 0.130. The van der Waals surface area contributed by atoms with E-state index in [-0.39, 0.29) is 0 Å². The van der Waals surface area contributed by atoms with Gasteiger partial charge >= 0.3 is 0 Å². The van der Waals surface area contributed by atoms with Crippen LogP contribution in [0, 0.1) is 13.8 Å². The summed E-state index contributed by atoms with van der Waals surface area (Å²) in [6.45, 7) is 4.07. The summed E-state index contributed by atoms with van der Waals surface area (Å²) in [5.74, 6) is 0.863. The van der Waals surface area contributed by atoms with Crippen molar-refractivity contribution in [2.24, 2.45) is 5.10 Å². The largest absolute Gasteiger partial charge is 0.496 e. The molecule has 0 unspecified atom stereocenters. The number of anilines is 1. The van der Waals surface area contributed by atoms with E-state index in [0.717, 1.165) is 44.4 Å². The van der Waals surface area contributed by atoms with Crippen LogP contribution in [0.3, 0.4) is 0 Å². The number of methoxy groups -OCH3 is 1. The molecule has 134 valence electrons. The van der Waals surface area contributed by atoms with E-state index in [1.807, 2.05) is 49.5 Å². The molecule has 0 amide bonds. The molecule has 4 rings (SSSR count). The van der Waals surface area contributed by atoms with Crippen LogP contribution in [0.4, 0.5) is 5.69 Å². The zero-order chi connectivity index (χ0) is 18.8. The molecule has 27 heavy (non-hydrogen) atoms. The Labute approximate surface area is 158 Å². The molecule has 0 aliphatic carbocycles. The van der Waals surface area contributed by atoms with Crippen LogP contribution in [-0.2, 0) is 0 Å². The molecule has 1 N–H and O–H groups in total. The number of pyridine rings is 1. The van der Waals surface area contributed by atoms with Crippen LogP contribution in [0.25, 0.3) is 21.7 Å². The first kappa shape index (κ1) is 17.0. The number of rotatable bonds is 4. The first-order chi connectivity index (χ1) is 13.2. The lowest BCUT2D eigenvalue weighted by molar-refractivity contribution is 0.420. The summed E-state index contributed by atoms with van der Waals surface area (Å²) >= 11 is 0. The lowest BCUT2D eigenvalue weighted by Gasteiger charge is -2.09. The van der Waals surface area contributed by atoms with Crippen molar-refractivity contribution in [3.05, 3.63) is 77.5 Å². The van der Waals surface area contributed by atoms with Gasteiger partial charge in [0.2, 0.25) is 0 Å². The molecule has 0 saturated heterocycles. The van der Waals surface area contributed by atoms with E-state index < -0.39 is 0 Å². The van der Waals surface area contributed by atoms with Crippen LogP contribution in [0.1, 0.15) is 16.8 Å². The molecule has 0 bridgehead atoms. The maximum absolute atomic E-state index is 5.46. The van der Waals surface area contributed by atoms with Crippen molar-refractivity contribution in [2.75, 3.05) is 12.5 Å². The van der Waals surface area contributed by atoms with Gasteiger partial charge in [-0.1, -0.05) is 35.9 Å². The number of aromatic nitrogens is 1. The summed E-state index contributed by atoms with van der Waals surface area (Å²) < 4.78 is 5.46. The van der Waals surface area contributed by atoms with Crippen LogP contribution >= 0.6 is 0 Å². The lowest BCUT2D eigenvalue weighted by Crippen LogP contribution is -1.96. The third-order valence-corrected chi connectivity index (χ3v) is 4.62. The Balaban J connectivity index is 1.71. The standard InChI is InChI=1S/C23H21N3O/c1-15-8-10-21-20(12-15)22(13-16(2)25-21)26-24-14-17-9-11-23(27-3)19-7-5-4-6-18(17)19/h4-14H,1-3H3,(H,25,26)/b24-14+. The number of hydrogen-bond donors (Lipinski definition) is 1. The van der Waals surface area contributed by atoms with E-state index in [1.165, 1.54) is 5.56 Å². The van der Waals surface area contributed by atoms with E-state index in [1.54, 1.807) is 7.11 Å². The molecule has 0 saturated carbocycles. The van der Waals surface area contributed by atoms with E-state index in [9.17, 15) is 0 Å². The van der Waals surface area contributed by atoms with Gasteiger partial charge in [0.25, 0.3) is 0 Å². The second-order valence-corrected chi connectivity index (χ2v) is 6.60. The number of fused-ring (bicyclic) bond motifs is 2. The molecule has 0 fully saturated rings. The number of aryl methyl sites for hydroxylation is 2. The van der Waals surface area contributed by atoms with Crippen LogP contribution < -0.4 is 10.2 Å². The molecule has 0 aliphatic rings. The maximum atomic E-state index is 5.46. The van der Waals surface area contributed by atoms with Gasteiger partial charge in [0.15, 0.2) is 0 Å². The third kappa shape index (κ3) is 3.34. The van der Waals surface area contributed by atoms with Crippen molar-refractivity contribution in [3.63, 3.8) is 0 Å². The van der Waals surface area contributed by atoms with Crippen molar-refractivity contribution in [2.45, 2.75) is 13.8 Å². The zero-order valence-electron chi connectivity index (χ0n) is 15.7. The van der Waals surface area contributed by atoms with E-state index in [0.29, 0.717) is 0 Å². The van der Waals surface area contributed by atoms with Crippen molar-refractivity contribution in [1.29, 1.82) is 0 Å². The Morgan fingerprint density at radius 3 is 2.56 bits per heavy atom. The summed E-state index contributed by atoms with van der Waals surface area (Å²) in [6, 6.07) is 20.4. The minimum absolute atomic E-state index is 0.863. The number of nitrogens with zero attached hydrogens (tertiary/aromatic N) is 2. The van der Waals surface area contributed by atoms with Crippen LogP contribution in [-0.4, -0.2) is 18.3 Å². The highest BCUT2D eigenvalue weighted by Crippen LogP contribution is 2.28. The molecule has 0 radical (unpaired) electrons. The van der Waals surface area contributed by atoms with E-state index in [4.69, 9.17) is 4.74 Å². The number of hydrazone groups is 1. The molecule has 0 aliphatic heterocycles. The molecule has 4 nitrogen and oxygen atoms in total. The predicted molar refractivity (Wildman–Crippen MR) is 113 cm³/mol. The minimum atomic E-state index is 0.863. The fourth-order valence-electron chi connectivity index (χ4n) is 3.32. The Morgan fingerprint density at radius 2 is 1.74 bits per heavy atom. The van der Waals surface area contributed by atoms with Gasteiger partial charge in [-0.15, -0.1) is 0 Å². The average Bonchev–Trinajstić information content (AvgIpc) is 2.68. The van der Waals surface area contributed by atoms with Gasteiger partial charge in [-0.25, -0.2) is 0 Å². The highest BCUT2D eigenvalue weighted by Gasteiger charge is 2.06. The lowest BCUT2D eigenvalue weighted by atomic mass is 10.0. The molecular weight excluding hydrogens is 334 g/mol. The minimum Gasteiger partial charge on any atom is -0.496 e. The van der Waals surface area contributed by atoms with E-state index in [2.05, 4.69) is 46.7 Å². The first-order valence-electron chi connectivity index (χ1n) is 8.88. The second kappa shape index (κ2) is 7.08. The quantitative estimate of drug-likeness (QED) is 0.390. The highest BCUT2D eigenvalue weighted by atomic mass is 16.5. The van der Waals surface area contributed by atoms with Gasteiger partial charge in [0, 0.05) is 22.0 Å². The molecule has 0 spiro atoms. The molecule has 1 heterocycles. The van der Waals surface area contributed by atoms with Gasteiger partial charge in [-0.3, -0.25) is 10.4 Å². The molecular formula is C23H21N3O. The van der Waals surface area contributed by atoms with Crippen LogP contribution in [0.5, 0.6) is 5.75 Å². The highest BCUT2D eigenvalue weighted by molar-refractivity contribution is 6.02. The number of benzene rings is 3. The summed E-state index contributed by atoms with van der Waals surface area (Å²) in [4.78, 5) is 4.60. The first-order valence-corrected chi connectivity index (χ1v) is 8.88. The summed E-state index contributed by atoms with van der Waals surface area (Å²) in [7, 11) is 1.69. The Morgan fingerprint density at radius 1 is 0.926 bits per heavy atom. The van der Waals surface area contributed by atoms with Gasteiger partial charge in [0.05, 0.1) is 24.5 Å². The molecule has 0 atom stereocenters. The Bertz CT molecular complexity index is 1170. The normalized spacial score (nSPS) is 11.4. The van der Waals surface area contributed by atoms with Crippen molar-refractivity contribution >= 4 is 33.6 Å². The maximum Gasteiger partial charge on any atom is 0.126 e. The van der Waals surface area contributed by atoms with Gasteiger partial charge in [0.1, 0.15) is 5.75 Å². The van der Waals surface area contributed by atoms with E-state index >= 15 is 0 Å². The van der Waals surface area contributed by atoms with Gasteiger partial charge in [-0.05, 0) is 49.6 Å². The second-order valence-electron chi connectivity index (χ2n) is 6.60. The number of ether oxygens (including phenoxy) is 1.